The highest BCUT2D eigenvalue weighted by Crippen LogP contribution is 2.45. The molecule has 0 aliphatic carbocycles. The number of carbonyl (C=O) groups is 3. The molecule has 1 unspecified atom stereocenters. The van der Waals surface area contributed by atoms with E-state index in [1.54, 1.807) is 31.2 Å². The first kappa shape index (κ1) is 30.1. The Morgan fingerprint density at radius 1 is 1.09 bits per heavy atom. The van der Waals surface area contributed by atoms with Crippen molar-refractivity contribution >= 4 is 39.9 Å². The number of aromatic hydroxyl groups is 1. The SMILES string of the molecule is C=CCOC(=O)c1sc(N2C(=O)C(=O)/C(=C(/O)c3ccc(OCc4ccccc4)cc3)C2c2ccc(O)c(OC)c2)nc1C. The van der Waals surface area contributed by atoms with Crippen molar-refractivity contribution in [1.82, 2.24) is 4.98 Å². The van der Waals surface area contributed by atoms with E-state index in [2.05, 4.69) is 11.6 Å². The fourth-order valence-corrected chi connectivity index (χ4v) is 5.68. The number of esters is 1. The van der Waals surface area contributed by atoms with Gasteiger partial charge in [-0.2, -0.15) is 0 Å². The highest BCUT2D eigenvalue weighted by atomic mass is 32.1. The molecule has 1 aromatic heterocycles. The number of anilines is 1. The molecule has 5 rings (SSSR count). The summed E-state index contributed by atoms with van der Waals surface area (Å²) in [6, 6.07) is 19.3. The van der Waals surface area contributed by atoms with Gasteiger partial charge in [0.25, 0.3) is 5.78 Å². The Bertz CT molecular complexity index is 1760. The third-order valence-electron chi connectivity index (χ3n) is 6.85. The first-order chi connectivity index (χ1) is 21.2. The Labute approximate surface area is 257 Å². The van der Waals surface area contributed by atoms with Crippen LogP contribution in [0.15, 0.2) is 91.0 Å². The van der Waals surface area contributed by atoms with E-state index in [9.17, 15) is 24.6 Å². The molecule has 0 bridgehead atoms. The molecule has 10 nitrogen and oxygen atoms in total. The lowest BCUT2D eigenvalue weighted by Crippen LogP contribution is -2.29. The van der Waals surface area contributed by atoms with Crippen molar-refractivity contribution in [3.63, 3.8) is 0 Å². The van der Waals surface area contributed by atoms with Gasteiger partial charge in [0.15, 0.2) is 16.6 Å². The molecule has 0 spiro atoms. The van der Waals surface area contributed by atoms with Crippen LogP contribution in [0.5, 0.6) is 17.2 Å². The molecule has 1 saturated heterocycles. The van der Waals surface area contributed by atoms with Crippen molar-refractivity contribution in [3.8, 4) is 17.2 Å². The number of aryl methyl sites for hydroxylation is 1. The molecule has 1 amide bonds. The Morgan fingerprint density at radius 3 is 2.50 bits per heavy atom. The van der Waals surface area contributed by atoms with E-state index < -0.39 is 29.5 Å². The monoisotopic (exact) mass is 612 g/mol. The summed E-state index contributed by atoms with van der Waals surface area (Å²) in [5.74, 6) is -2.50. The van der Waals surface area contributed by atoms with Gasteiger partial charge in [0.2, 0.25) is 0 Å². The molecule has 224 valence electrons. The van der Waals surface area contributed by atoms with Gasteiger partial charge in [-0.05, 0) is 54.4 Å². The van der Waals surface area contributed by atoms with Crippen LogP contribution in [-0.2, 0) is 20.9 Å². The van der Waals surface area contributed by atoms with Crippen LogP contribution in [0.25, 0.3) is 5.76 Å². The normalized spacial score (nSPS) is 15.7. The van der Waals surface area contributed by atoms with Crippen molar-refractivity contribution in [1.29, 1.82) is 0 Å². The minimum Gasteiger partial charge on any atom is -0.507 e. The summed E-state index contributed by atoms with van der Waals surface area (Å²) in [5, 5.41) is 21.8. The molecule has 11 heteroatoms. The average molecular weight is 613 g/mol. The minimum absolute atomic E-state index is 0.0145. The molecule has 2 heterocycles. The van der Waals surface area contributed by atoms with E-state index in [0.717, 1.165) is 21.8 Å². The maximum absolute atomic E-state index is 13.6. The first-order valence-electron chi connectivity index (χ1n) is 13.4. The zero-order valence-corrected chi connectivity index (χ0v) is 24.7. The van der Waals surface area contributed by atoms with Crippen LogP contribution in [0, 0.1) is 6.92 Å². The zero-order valence-electron chi connectivity index (χ0n) is 23.9. The van der Waals surface area contributed by atoms with Gasteiger partial charge < -0.3 is 24.4 Å². The van der Waals surface area contributed by atoms with Crippen LogP contribution < -0.4 is 14.4 Å². The van der Waals surface area contributed by atoms with Crippen molar-refractivity contribution in [2.75, 3.05) is 18.6 Å². The number of aliphatic hydroxyl groups is 1. The number of amides is 1. The van der Waals surface area contributed by atoms with Gasteiger partial charge in [-0.25, -0.2) is 9.78 Å². The van der Waals surface area contributed by atoms with Crippen molar-refractivity contribution < 1.29 is 38.8 Å². The number of Topliss-reactive ketones (excluding diaryl/α,β-unsaturated/α-hetero) is 1. The number of thiazole rings is 1. The highest BCUT2D eigenvalue weighted by Gasteiger charge is 2.48. The molecule has 4 aromatic rings. The fourth-order valence-electron chi connectivity index (χ4n) is 4.69. The summed E-state index contributed by atoms with van der Waals surface area (Å²) in [4.78, 5) is 45.4. The van der Waals surface area contributed by atoms with Gasteiger partial charge in [-0.3, -0.25) is 14.5 Å². The predicted molar refractivity (Wildman–Crippen MR) is 164 cm³/mol. The van der Waals surface area contributed by atoms with Gasteiger partial charge >= 0.3 is 11.9 Å². The standard InChI is InChI=1S/C33H28N2O8S/c1-4-16-42-32(40)30-19(2)34-33(44-30)35-27(22-12-15-24(36)25(17-22)41-3)26(29(38)31(35)39)28(37)21-10-13-23(14-11-21)43-18-20-8-6-5-7-9-20/h4-15,17,27,36-37H,1,16,18H2,2-3H3/b28-26+. The molecule has 1 aliphatic heterocycles. The number of phenols is 1. The summed E-state index contributed by atoms with van der Waals surface area (Å²) in [7, 11) is 1.36. The predicted octanol–water partition coefficient (Wildman–Crippen LogP) is 5.71. The van der Waals surface area contributed by atoms with Gasteiger partial charge in [0.1, 0.15) is 29.6 Å². The van der Waals surface area contributed by atoms with E-state index in [1.165, 1.54) is 31.4 Å². The Hall–Kier alpha value is -5.42. The number of hydrogen-bond acceptors (Lipinski definition) is 10. The number of hydrogen-bond donors (Lipinski definition) is 2. The number of methoxy groups -OCH3 is 1. The lowest BCUT2D eigenvalue weighted by molar-refractivity contribution is -0.132. The number of benzene rings is 3. The van der Waals surface area contributed by atoms with Crippen LogP contribution >= 0.6 is 11.3 Å². The van der Waals surface area contributed by atoms with Gasteiger partial charge in [-0.15, -0.1) is 0 Å². The van der Waals surface area contributed by atoms with Crippen molar-refractivity contribution in [3.05, 3.63) is 118 Å². The average Bonchev–Trinajstić information content (AvgIpc) is 3.55. The lowest BCUT2D eigenvalue weighted by Gasteiger charge is -2.23. The second-order valence-electron chi connectivity index (χ2n) is 9.70. The van der Waals surface area contributed by atoms with Gasteiger partial charge in [0.05, 0.1) is 24.4 Å². The number of aromatic nitrogens is 1. The fraction of sp³-hybridized carbons (Fsp3) is 0.152. The number of rotatable bonds is 10. The number of ether oxygens (including phenoxy) is 3. The molecule has 0 radical (unpaired) electrons. The molecule has 0 saturated carbocycles. The van der Waals surface area contributed by atoms with E-state index in [-0.39, 0.29) is 39.3 Å². The van der Waals surface area contributed by atoms with Crippen LogP contribution in [-0.4, -0.2) is 46.6 Å². The van der Waals surface area contributed by atoms with E-state index >= 15 is 0 Å². The summed E-state index contributed by atoms with van der Waals surface area (Å²) in [6.45, 7) is 5.45. The number of phenolic OH excluding ortho intramolecular Hbond substituents is 1. The second kappa shape index (κ2) is 12.8. The number of ketones is 1. The van der Waals surface area contributed by atoms with Gasteiger partial charge in [0, 0.05) is 5.56 Å². The summed E-state index contributed by atoms with van der Waals surface area (Å²) < 4.78 is 16.2. The number of carbonyl (C=O) groups excluding carboxylic acids is 3. The summed E-state index contributed by atoms with van der Waals surface area (Å²) >= 11 is 0.879. The lowest BCUT2D eigenvalue weighted by atomic mass is 9.95. The maximum Gasteiger partial charge on any atom is 0.350 e. The van der Waals surface area contributed by atoms with E-state index in [4.69, 9.17) is 14.2 Å². The van der Waals surface area contributed by atoms with Crippen molar-refractivity contribution in [2.24, 2.45) is 0 Å². The molecule has 1 fully saturated rings. The molecular weight excluding hydrogens is 584 g/mol. The molecule has 1 atom stereocenters. The molecule has 2 N–H and O–H groups in total. The maximum atomic E-state index is 13.6. The summed E-state index contributed by atoms with van der Waals surface area (Å²) in [5.41, 5.74) is 1.71. The molecule has 3 aromatic carbocycles. The zero-order chi connectivity index (χ0) is 31.4. The van der Waals surface area contributed by atoms with Crippen LogP contribution in [0.2, 0.25) is 0 Å². The molecular formula is C33H28N2O8S. The Morgan fingerprint density at radius 2 is 1.82 bits per heavy atom. The molecule has 44 heavy (non-hydrogen) atoms. The quantitative estimate of drug-likeness (QED) is 0.0758. The Kier molecular flexibility index (Phi) is 8.77. The minimum atomic E-state index is -1.17. The largest absolute Gasteiger partial charge is 0.507 e. The van der Waals surface area contributed by atoms with E-state index in [0.29, 0.717) is 23.6 Å². The van der Waals surface area contributed by atoms with Crippen LogP contribution in [0.1, 0.15) is 38.1 Å². The van der Waals surface area contributed by atoms with Gasteiger partial charge in [-0.1, -0.05) is 60.4 Å². The summed E-state index contributed by atoms with van der Waals surface area (Å²) in [6.07, 6.45) is 1.42. The van der Waals surface area contributed by atoms with Crippen molar-refractivity contribution in [2.45, 2.75) is 19.6 Å². The highest BCUT2D eigenvalue weighted by molar-refractivity contribution is 7.17. The third-order valence-corrected chi connectivity index (χ3v) is 7.99. The molecule has 1 aliphatic rings. The first-order valence-corrected chi connectivity index (χ1v) is 14.3. The van der Waals surface area contributed by atoms with E-state index in [1.807, 2.05) is 30.3 Å². The number of aliphatic hydroxyl groups excluding tert-OH is 1. The smallest absolute Gasteiger partial charge is 0.350 e. The topological polar surface area (TPSA) is 135 Å². The van der Waals surface area contributed by atoms with Crippen LogP contribution in [0.4, 0.5) is 5.13 Å². The second-order valence-corrected chi connectivity index (χ2v) is 10.7. The third kappa shape index (κ3) is 5.90. The number of nitrogens with zero attached hydrogens (tertiary/aromatic N) is 2. The Balaban J connectivity index is 1.56. The van der Waals surface area contributed by atoms with Crippen LogP contribution in [0.3, 0.4) is 0 Å².